The first-order valence-electron chi connectivity index (χ1n) is 3.70. The van der Waals surface area contributed by atoms with E-state index in [1.807, 2.05) is 6.07 Å². The molecule has 0 saturated carbocycles. The molecule has 2 rings (SSSR count). The van der Waals surface area contributed by atoms with E-state index in [1.165, 1.54) is 4.85 Å². The van der Waals surface area contributed by atoms with Gasteiger partial charge < -0.3 is 9.57 Å². The lowest BCUT2D eigenvalue weighted by Crippen LogP contribution is -2.25. The van der Waals surface area contributed by atoms with Gasteiger partial charge in [0, 0.05) is 6.42 Å². The van der Waals surface area contributed by atoms with Crippen LogP contribution in [-0.4, -0.2) is 29.3 Å². The molecule has 0 amide bonds. The van der Waals surface area contributed by atoms with E-state index in [-0.39, 0.29) is 6.10 Å². The molecule has 2 heterocycles. The molecule has 1 aliphatic rings. The zero-order valence-electron chi connectivity index (χ0n) is 6.14. The Labute approximate surface area is 64.7 Å². The van der Waals surface area contributed by atoms with Crippen molar-refractivity contribution in [3.05, 3.63) is 18.5 Å². The second kappa shape index (κ2) is 2.92. The summed E-state index contributed by atoms with van der Waals surface area (Å²) in [6, 6.07) is 1.83. The zero-order chi connectivity index (χ0) is 7.52. The second-order valence-electron chi connectivity index (χ2n) is 2.50. The first-order chi connectivity index (χ1) is 5.45. The smallest absolute Gasteiger partial charge is 0.152 e. The summed E-state index contributed by atoms with van der Waals surface area (Å²) in [7, 11) is 0. The molecule has 0 radical (unpaired) electrons. The summed E-state index contributed by atoms with van der Waals surface area (Å²) < 4.78 is 5.14. The van der Waals surface area contributed by atoms with E-state index in [0.717, 1.165) is 13.0 Å². The van der Waals surface area contributed by atoms with Gasteiger partial charge in [-0.25, -0.2) is 0 Å². The van der Waals surface area contributed by atoms with Gasteiger partial charge in [-0.1, -0.05) is 0 Å². The lowest BCUT2D eigenvalue weighted by atomic mass is 10.3. The van der Waals surface area contributed by atoms with E-state index in [2.05, 4.69) is 5.10 Å². The number of ether oxygens (including phenoxy) is 1. The lowest BCUT2D eigenvalue weighted by molar-refractivity contribution is 0.00953. The minimum atomic E-state index is 0.176. The van der Waals surface area contributed by atoms with Gasteiger partial charge in [-0.2, -0.15) is 0 Å². The van der Waals surface area contributed by atoms with Gasteiger partial charge in [0.1, 0.15) is 0 Å². The van der Waals surface area contributed by atoms with Crippen molar-refractivity contribution in [2.24, 2.45) is 0 Å². The number of rotatable bonds is 2. The summed E-state index contributed by atoms with van der Waals surface area (Å²) in [6.07, 6.45) is 4.60. The molecule has 0 spiro atoms. The third kappa shape index (κ3) is 1.51. The van der Waals surface area contributed by atoms with E-state index < -0.39 is 0 Å². The van der Waals surface area contributed by atoms with E-state index >= 15 is 0 Å². The number of hydrogen-bond acceptors (Lipinski definition) is 3. The molecule has 0 N–H and O–H groups in total. The van der Waals surface area contributed by atoms with Gasteiger partial charge in [-0.15, -0.1) is 9.94 Å². The molecule has 0 aliphatic carbocycles. The van der Waals surface area contributed by atoms with Crippen molar-refractivity contribution in [2.75, 3.05) is 13.2 Å². The van der Waals surface area contributed by atoms with E-state index in [9.17, 15) is 0 Å². The van der Waals surface area contributed by atoms with E-state index in [4.69, 9.17) is 9.57 Å². The van der Waals surface area contributed by atoms with Gasteiger partial charge in [0.05, 0.1) is 25.6 Å². The van der Waals surface area contributed by atoms with Crippen LogP contribution in [0.15, 0.2) is 18.5 Å². The topological polar surface area (TPSA) is 36.3 Å². The van der Waals surface area contributed by atoms with Crippen LogP contribution in [-0.2, 0) is 4.74 Å². The Morgan fingerprint density at radius 3 is 3.27 bits per heavy atom. The van der Waals surface area contributed by atoms with Gasteiger partial charge >= 0.3 is 0 Å². The van der Waals surface area contributed by atoms with Crippen LogP contribution >= 0.6 is 0 Å². The molecule has 1 aromatic heterocycles. The Bertz CT molecular complexity index is 204. The van der Waals surface area contributed by atoms with Crippen LogP contribution in [0.2, 0.25) is 0 Å². The number of hydrogen-bond donors (Lipinski definition) is 0. The molecule has 11 heavy (non-hydrogen) atoms. The summed E-state index contributed by atoms with van der Waals surface area (Å²) in [4.78, 5) is 6.87. The first-order valence-corrected chi connectivity index (χ1v) is 3.70. The highest BCUT2D eigenvalue weighted by molar-refractivity contribution is 4.76. The van der Waals surface area contributed by atoms with Crippen LogP contribution in [0.4, 0.5) is 0 Å². The molecular weight excluding hydrogens is 144 g/mol. The fraction of sp³-hybridized carbons (Fsp3) is 0.571. The fourth-order valence-corrected chi connectivity index (χ4v) is 1.07. The Kier molecular flexibility index (Phi) is 1.77. The summed E-state index contributed by atoms with van der Waals surface area (Å²) in [5.74, 6) is 0. The lowest BCUT2D eigenvalue weighted by Gasteiger charge is -2.09. The quantitative estimate of drug-likeness (QED) is 0.606. The molecule has 1 atom stereocenters. The molecule has 1 saturated heterocycles. The fourth-order valence-electron chi connectivity index (χ4n) is 1.07. The maximum absolute atomic E-state index is 5.40. The van der Waals surface area contributed by atoms with Crippen molar-refractivity contribution in [2.45, 2.75) is 12.5 Å². The minimum absolute atomic E-state index is 0.176. The zero-order valence-corrected chi connectivity index (χ0v) is 6.14. The highest BCUT2D eigenvalue weighted by Gasteiger charge is 2.17. The van der Waals surface area contributed by atoms with Crippen LogP contribution in [0.5, 0.6) is 0 Å². The molecule has 4 nitrogen and oxygen atoms in total. The largest absolute Gasteiger partial charge is 0.391 e. The maximum atomic E-state index is 5.40. The minimum Gasteiger partial charge on any atom is -0.391 e. The summed E-state index contributed by atoms with van der Waals surface area (Å²) >= 11 is 0. The molecule has 1 aromatic rings. The van der Waals surface area contributed by atoms with Crippen molar-refractivity contribution in [3.8, 4) is 0 Å². The van der Waals surface area contributed by atoms with Crippen molar-refractivity contribution in [3.63, 3.8) is 0 Å². The molecule has 0 aromatic carbocycles. The van der Waals surface area contributed by atoms with Crippen LogP contribution in [0.1, 0.15) is 6.42 Å². The van der Waals surface area contributed by atoms with Crippen molar-refractivity contribution in [1.29, 1.82) is 0 Å². The number of aromatic nitrogens is 2. The summed E-state index contributed by atoms with van der Waals surface area (Å²) in [5.41, 5.74) is 0. The Hall–Kier alpha value is -1.03. The Morgan fingerprint density at radius 1 is 1.64 bits per heavy atom. The van der Waals surface area contributed by atoms with E-state index in [1.54, 1.807) is 12.4 Å². The molecule has 4 heteroatoms. The first kappa shape index (κ1) is 6.67. The van der Waals surface area contributed by atoms with Gasteiger partial charge in [-0.05, 0) is 6.07 Å². The van der Waals surface area contributed by atoms with Gasteiger partial charge in [-0.3, -0.25) is 0 Å². The average molecular weight is 154 g/mol. The molecule has 1 fully saturated rings. The van der Waals surface area contributed by atoms with Crippen LogP contribution in [0, 0.1) is 0 Å². The second-order valence-corrected chi connectivity index (χ2v) is 2.50. The van der Waals surface area contributed by atoms with Gasteiger partial charge in [0.2, 0.25) is 0 Å². The van der Waals surface area contributed by atoms with E-state index in [0.29, 0.717) is 6.61 Å². The Morgan fingerprint density at radius 2 is 2.64 bits per heavy atom. The van der Waals surface area contributed by atoms with Crippen LogP contribution < -0.4 is 4.84 Å². The SMILES string of the molecule is c1cnn(O[C@@H]2CCOC2)c1. The van der Waals surface area contributed by atoms with Gasteiger partial charge in [0.15, 0.2) is 6.10 Å². The number of nitrogens with zero attached hydrogens (tertiary/aromatic N) is 2. The molecular formula is C7H10N2O2. The third-order valence-electron chi connectivity index (χ3n) is 1.63. The molecule has 1 aliphatic heterocycles. The molecule has 0 bridgehead atoms. The van der Waals surface area contributed by atoms with Gasteiger partial charge in [0.25, 0.3) is 0 Å². The summed E-state index contributed by atoms with van der Waals surface area (Å²) in [6.45, 7) is 1.48. The standard InChI is InChI=1S/C7H10N2O2/c1-3-8-9(4-1)11-7-2-5-10-6-7/h1,3-4,7H,2,5-6H2/t7-/m1/s1. The third-order valence-corrected chi connectivity index (χ3v) is 1.63. The predicted octanol–water partition coefficient (Wildman–Crippen LogP) is 0.101. The van der Waals surface area contributed by atoms with Crippen molar-refractivity contribution >= 4 is 0 Å². The maximum Gasteiger partial charge on any atom is 0.152 e. The average Bonchev–Trinajstić information content (AvgIpc) is 2.60. The Balaban J connectivity index is 1.90. The predicted molar refractivity (Wildman–Crippen MR) is 38.0 cm³/mol. The summed E-state index contributed by atoms with van der Waals surface area (Å²) in [5, 5.41) is 3.92. The van der Waals surface area contributed by atoms with Crippen molar-refractivity contribution < 1.29 is 9.57 Å². The van der Waals surface area contributed by atoms with Crippen LogP contribution in [0.25, 0.3) is 0 Å². The molecule has 60 valence electrons. The highest BCUT2D eigenvalue weighted by atomic mass is 16.7. The normalized spacial score (nSPS) is 23.8. The monoisotopic (exact) mass is 154 g/mol. The van der Waals surface area contributed by atoms with Crippen molar-refractivity contribution in [1.82, 2.24) is 9.94 Å². The highest BCUT2D eigenvalue weighted by Crippen LogP contribution is 2.04. The van der Waals surface area contributed by atoms with Crippen LogP contribution in [0.3, 0.4) is 0 Å². The molecule has 0 unspecified atom stereocenters.